The minimum Gasteiger partial charge on any atom is -0.497 e. The van der Waals surface area contributed by atoms with Crippen LogP contribution in [0.5, 0.6) is 5.75 Å². The van der Waals surface area contributed by atoms with Crippen LogP contribution < -0.4 is 10.1 Å². The minimum atomic E-state index is -0.206. The number of halogens is 1. The number of hydrogen-bond donors (Lipinski definition) is 1. The lowest BCUT2D eigenvalue weighted by Crippen LogP contribution is -2.51. The quantitative estimate of drug-likeness (QED) is 0.625. The second-order valence-corrected chi connectivity index (χ2v) is 8.17. The third-order valence-electron chi connectivity index (χ3n) is 5.55. The number of ether oxygens (including phenoxy) is 1. The van der Waals surface area contributed by atoms with Crippen molar-refractivity contribution >= 4 is 35.0 Å². The summed E-state index contributed by atoms with van der Waals surface area (Å²) in [5.74, 6) is 0.725. The number of rotatable bonds is 7. The van der Waals surface area contributed by atoms with Crippen molar-refractivity contribution in [2.45, 2.75) is 26.2 Å². The van der Waals surface area contributed by atoms with E-state index in [9.17, 15) is 14.4 Å². The Morgan fingerprint density at radius 3 is 2.25 bits per heavy atom. The highest BCUT2D eigenvalue weighted by Crippen LogP contribution is 2.20. The first kappa shape index (κ1) is 23.6. The zero-order valence-corrected chi connectivity index (χ0v) is 19.2. The van der Waals surface area contributed by atoms with Gasteiger partial charge in [0.25, 0.3) is 0 Å². The van der Waals surface area contributed by atoms with Crippen molar-refractivity contribution in [3.63, 3.8) is 0 Å². The molecule has 0 unspecified atom stereocenters. The molecule has 0 atom stereocenters. The van der Waals surface area contributed by atoms with Gasteiger partial charge in [0.05, 0.1) is 7.11 Å². The normalized spacial score (nSPS) is 13.6. The summed E-state index contributed by atoms with van der Waals surface area (Å²) in [6.07, 6.45) is 1.13. The van der Waals surface area contributed by atoms with E-state index in [2.05, 4.69) is 5.32 Å². The lowest BCUT2D eigenvalue weighted by Gasteiger charge is -2.34. The molecule has 3 rings (SSSR count). The Balaban J connectivity index is 1.39. The molecular weight excluding hydrogens is 430 g/mol. The SMILES string of the molecule is COc1ccc(C(=O)CCCC(=O)N2CCN(C(=O)Nc3ccc(C)c(Cl)c3)CC2)cc1. The average Bonchev–Trinajstić information content (AvgIpc) is 2.81. The molecule has 2 aromatic carbocycles. The van der Waals surface area contributed by atoms with E-state index >= 15 is 0 Å². The van der Waals surface area contributed by atoms with Crippen LogP contribution in [0.25, 0.3) is 0 Å². The standard InChI is InChI=1S/C24H28ClN3O4/c1-17-6-9-19(16-21(17)25)26-24(31)28-14-12-27(13-15-28)23(30)5-3-4-22(29)18-7-10-20(32-2)11-8-18/h6-11,16H,3-5,12-15H2,1-2H3,(H,26,31). The molecule has 32 heavy (non-hydrogen) atoms. The number of Topliss-reactive ketones (excluding diaryl/α,β-unsaturated/α-hetero) is 1. The van der Waals surface area contributed by atoms with Gasteiger partial charge in [-0.05, 0) is 55.3 Å². The number of amides is 3. The lowest BCUT2D eigenvalue weighted by molar-refractivity contribution is -0.132. The smallest absolute Gasteiger partial charge is 0.321 e. The van der Waals surface area contributed by atoms with Crippen LogP contribution in [-0.2, 0) is 4.79 Å². The highest BCUT2D eigenvalue weighted by molar-refractivity contribution is 6.31. The number of nitrogens with one attached hydrogen (secondary N) is 1. The molecule has 2 aromatic rings. The van der Waals surface area contributed by atoms with Gasteiger partial charge in [-0.2, -0.15) is 0 Å². The summed E-state index contributed by atoms with van der Waals surface area (Å²) >= 11 is 6.11. The number of aryl methyl sites for hydroxylation is 1. The van der Waals surface area contributed by atoms with Crippen LogP contribution >= 0.6 is 11.6 Å². The van der Waals surface area contributed by atoms with E-state index < -0.39 is 0 Å². The van der Waals surface area contributed by atoms with Gasteiger partial charge in [-0.15, -0.1) is 0 Å². The topological polar surface area (TPSA) is 79.0 Å². The van der Waals surface area contributed by atoms with Gasteiger partial charge in [0, 0.05) is 55.3 Å². The van der Waals surface area contributed by atoms with Crippen LogP contribution in [0.2, 0.25) is 5.02 Å². The van der Waals surface area contributed by atoms with Crippen LogP contribution in [0.1, 0.15) is 35.2 Å². The van der Waals surface area contributed by atoms with Crippen molar-refractivity contribution in [3.05, 3.63) is 58.6 Å². The second kappa shape index (κ2) is 11.0. The molecule has 0 radical (unpaired) electrons. The zero-order chi connectivity index (χ0) is 23.1. The van der Waals surface area contributed by atoms with Crippen LogP contribution in [0, 0.1) is 6.92 Å². The number of hydrogen-bond acceptors (Lipinski definition) is 4. The largest absolute Gasteiger partial charge is 0.497 e. The summed E-state index contributed by atoms with van der Waals surface area (Å²) in [5, 5.41) is 3.45. The molecule has 0 saturated carbocycles. The number of carbonyl (C=O) groups excluding carboxylic acids is 3. The molecule has 1 aliphatic rings. The minimum absolute atomic E-state index is 0.0119. The summed E-state index contributed by atoms with van der Waals surface area (Å²) in [7, 11) is 1.58. The fourth-order valence-electron chi connectivity index (χ4n) is 3.51. The maximum atomic E-state index is 12.5. The molecule has 1 heterocycles. The predicted octanol–water partition coefficient (Wildman–Crippen LogP) is 4.39. The van der Waals surface area contributed by atoms with Crippen molar-refractivity contribution in [2.24, 2.45) is 0 Å². The summed E-state index contributed by atoms with van der Waals surface area (Å²) in [5.41, 5.74) is 2.21. The molecule has 0 aromatic heterocycles. The van der Waals surface area contributed by atoms with Gasteiger partial charge in [-0.1, -0.05) is 17.7 Å². The van der Waals surface area contributed by atoms with Crippen LogP contribution in [0.15, 0.2) is 42.5 Å². The Hall–Kier alpha value is -3.06. The Kier molecular flexibility index (Phi) is 8.11. The molecule has 7 nitrogen and oxygen atoms in total. The van der Waals surface area contributed by atoms with Gasteiger partial charge in [0.1, 0.15) is 5.75 Å². The summed E-state index contributed by atoms with van der Waals surface area (Å²) in [6.45, 7) is 3.78. The fourth-order valence-corrected chi connectivity index (χ4v) is 3.69. The number of piperazine rings is 1. The van der Waals surface area contributed by atoms with E-state index in [1.165, 1.54) is 0 Å². The third kappa shape index (κ3) is 6.23. The van der Waals surface area contributed by atoms with Crippen LogP contribution in [0.3, 0.4) is 0 Å². The summed E-state index contributed by atoms with van der Waals surface area (Å²) in [6, 6.07) is 12.2. The van der Waals surface area contributed by atoms with Crippen LogP contribution in [0.4, 0.5) is 10.5 Å². The molecule has 0 spiro atoms. The average molecular weight is 458 g/mol. The Bertz CT molecular complexity index is 970. The van der Waals surface area contributed by atoms with Crippen molar-refractivity contribution in [1.82, 2.24) is 9.80 Å². The van der Waals surface area contributed by atoms with Gasteiger partial charge >= 0.3 is 6.03 Å². The Morgan fingerprint density at radius 2 is 1.62 bits per heavy atom. The lowest BCUT2D eigenvalue weighted by atomic mass is 10.0. The van der Waals surface area contributed by atoms with Gasteiger partial charge in [0.2, 0.25) is 5.91 Å². The summed E-state index contributed by atoms with van der Waals surface area (Å²) in [4.78, 5) is 40.7. The van der Waals surface area contributed by atoms with E-state index in [0.717, 1.165) is 5.56 Å². The fraction of sp³-hybridized carbons (Fsp3) is 0.375. The van der Waals surface area contributed by atoms with Crippen molar-refractivity contribution in [2.75, 3.05) is 38.6 Å². The van der Waals surface area contributed by atoms with E-state index in [4.69, 9.17) is 16.3 Å². The maximum absolute atomic E-state index is 12.5. The van der Waals surface area contributed by atoms with Gasteiger partial charge in [-0.25, -0.2) is 4.79 Å². The monoisotopic (exact) mass is 457 g/mol. The number of carbonyl (C=O) groups is 3. The molecule has 0 bridgehead atoms. The molecule has 8 heteroatoms. The summed E-state index contributed by atoms with van der Waals surface area (Å²) < 4.78 is 5.09. The Morgan fingerprint density at radius 1 is 0.969 bits per heavy atom. The number of ketones is 1. The first-order chi connectivity index (χ1) is 15.4. The van der Waals surface area contributed by atoms with Gasteiger partial charge in [-0.3, -0.25) is 9.59 Å². The van der Waals surface area contributed by atoms with E-state index in [-0.39, 0.29) is 17.7 Å². The molecule has 1 fully saturated rings. The number of anilines is 1. The molecule has 1 saturated heterocycles. The van der Waals surface area contributed by atoms with Crippen molar-refractivity contribution in [3.8, 4) is 5.75 Å². The maximum Gasteiger partial charge on any atom is 0.321 e. The Labute approximate surface area is 193 Å². The van der Waals surface area contributed by atoms with E-state index in [1.54, 1.807) is 47.2 Å². The zero-order valence-electron chi connectivity index (χ0n) is 18.4. The van der Waals surface area contributed by atoms with Crippen molar-refractivity contribution in [1.29, 1.82) is 0 Å². The van der Waals surface area contributed by atoms with Crippen molar-refractivity contribution < 1.29 is 19.1 Å². The van der Waals surface area contributed by atoms with E-state index in [1.807, 2.05) is 19.1 Å². The van der Waals surface area contributed by atoms with Gasteiger partial charge in [0.15, 0.2) is 5.78 Å². The molecular formula is C24H28ClN3O4. The third-order valence-corrected chi connectivity index (χ3v) is 5.96. The molecule has 3 amide bonds. The van der Waals surface area contributed by atoms with Crippen LogP contribution in [-0.4, -0.2) is 60.8 Å². The number of methoxy groups -OCH3 is 1. The second-order valence-electron chi connectivity index (χ2n) is 7.77. The highest BCUT2D eigenvalue weighted by atomic mass is 35.5. The highest BCUT2D eigenvalue weighted by Gasteiger charge is 2.24. The number of urea groups is 1. The molecule has 1 aliphatic heterocycles. The van der Waals surface area contributed by atoms with E-state index in [0.29, 0.717) is 67.5 Å². The first-order valence-electron chi connectivity index (χ1n) is 10.6. The molecule has 0 aliphatic carbocycles. The first-order valence-corrected chi connectivity index (χ1v) is 11.0. The van der Waals surface area contributed by atoms with Gasteiger partial charge < -0.3 is 19.9 Å². The predicted molar refractivity (Wildman–Crippen MR) is 125 cm³/mol. The number of nitrogens with zero attached hydrogens (tertiary/aromatic N) is 2. The molecule has 170 valence electrons. The molecule has 1 N–H and O–H groups in total. The number of benzene rings is 2.